The number of anilines is 1. The van der Waals surface area contributed by atoms with Crippen molar-refractivity contribution < 1.29 is 37.4 Å². The largest absolute Gasteiger partial charge is 0.455 e. The average molecular weight is 546 g/mol. The number of alkyl halides is 2. The zero-order valence-electron chi connectivity index (χ0n) is 22.2. The monoisotopic (exact) mass is 545 g/mol. The number of rotatable bonds is 9. The van der Waals surface area contributed by atoms with E-state index in [0.29, 0.717) is 31.7 Å². The molecule has 39 heavy (non-hydrogen) atoms. The van der Waals surface area contributed by atoms with Crippen molar-refractivity contribution in [3.63, 3.8) is 0 Å². The molecule has 3 heterocycles. The number of aromatic nitrogens is 1. The highest BCUT2D eigenvalue weighted by atomic mass is 19.3. The predicted molar refractivity (Wildman–Crippen MR) is 138 cm³/mol. The number of halogens is 2. The molecular formula is C28H33F2N3O6. The van der Waals surface area contributed by atoms with Crippen LogP contribution in [-0.2, 0) is 29.3 Å². The lowest BCUT2D eigenvalue weighted by Crippen LogP contribution is -2.67. The SMILES string of the molecule is Cc1ccc(NC(=O)C2(c3ccccc3C(C)C)CN(C(=O)COC(=O)C3CCOCC3)C2)c(OC(F)F)n1. The van der Waals surface area contributed by atoms with E-state index in [0.717, 1.165) is 11.1 Å². The smallest absolute Gasteiger partial charge is 0.388 e. The second-order valence-corrected chi connectivity index (χ2v) is 10.2. The maximum absolute atomic E-state index is 13.8. The molecule has 0 saturated carbocycles. The molecule has 0 bridgehead atoms. The number of esters is 1. The zero-order valence-corrected chi connectivity index (χ0v) is 22.2. The second kappa shape index (κ2) is 12.1. The third-order valence-electron chi connectivity index (χ3n) is 7.15. The van der Waals surface area contributed by atoms with Gasteiger partial charge in [0.05, 0.1) is 5.92 Å². The lowest BCUT2D eigenvalue weighted by Gasteiger charge is -2.49. The van der Waals surface area contributed by atoms with Crippen molar-refractivity contribution in [1.82, 2.24) is 9.88 Å². The van der Waals surface area contributed by atoms with Gasteiger partial charge in [0.1, 0.15) is 11.1 Å². The third-order valence-corrected chi connectivity index (χ3v) is 7.15. The van der Waals surface area contributed by atoms with E-state index >= 15 is 0 Å². The van der Waals surface area contributed by atoms with Gasteiger partial charge in [-0.3, -0.25) is 14.4 Å². The summed E-state index contributed by atoms with van der Waals surface area (Å²) >= 11 is 0. The molecule has 2 aliphatic rings. The fourth-order valence-corrected chi connectivity index (χ4v) is 4.97. The molecule has 4 rings (SSSR count). The topological polar surface area (TPSA) is 107 Å². The first-order chi connectivity index (χ1) is 18.6. The van der Waals surface area contributed by atoms with Gasteiger partial charge in [0, 0.05) is 32.0 Å². The van der Waals surface area contributed by atoms with Gasteiger partial charge in [-0.2, -0.15) is 8.78 Å². The zero-order chi connectivity index (χ0) is 28.2. The van der Waals surface area contributed by atoms with Crippen LogP contribution in [-0.4, -0.2) is 67.2 Å². The molecule has 11 heteroatoms. The summed E-state index contributed by atoms with van der Waals surface area (Å²) in [5.41, 5.74) is 0.949. The molecule has 1 N–H and O–H groups in total. The minimum Gasteiger partial charge on any atom is -0.455 e. The van der Waals surface area contributed by atoms with E-state index in [9.17, 15) is 23.2 Å². The Labute approximate surface area is 225 Å². The number of ether oxygens (including phenoxy) is 3. The van der Waals surface area contributed by atoms with Crippen LogP contribution in [0.5, 0.6) is 5.88 Å². The Morgan fingerprint density at radius 1 is 1.13 bits per heavy atom. The number of nitrogens with zero attached hydrogens (tertiary/aromatic N) is 2. The third kappa shape index (κ3) is 6.35. The van der Waals surface area contributed by atoms with Crippen LogP contribution in [0.3, 0.4) is 0 Å². The molecule has 0 spiro atoms. The summed E-state index contributed by atoms with van der Waals surface area (Å²) in [7, 11) is 0. The number of carbonyl (C=O) groups is 3. The normalized spacial score (nSPS) is 17.1. The molecule has 1 aromatic heterocycles. The van der Waals surface area contributed by atoms with E-state index in [-0.39, 0.29) is 30.6 Å². The van der Waals surface area contributed by atoms with E-state index in [1.165, 1.54) is 11.0 Å². The minimum absolute atomic E-state index is 0.00229. The highest BCUT2D eigenvalue weighted by Crippen LogP contribution is 2.40. The number of amides is 2. The molecule has 0 aliphatic carbocycles. The van der Waals surface area contributed by atoms with Gasteiger partial charge in [-0.05, 0) is 48.9 Å². The van der Waals surface area contributed by atoms with Crippen LogP contribution >= 0.6 is 0 Å². The number of nitrogens with one attached hydrogen (secondary N) is 1. The predicted octanol–water partition coefficient (Wildman–Crippen LogP) is 3.80. The number of carbonyl (C=O) groups excluding carboxylic acids is 3. The highest BCUT2D eigenvalue weighted by Gasteiger charge is 2.53. The number of likely N-dealkylation sites (tertiary alicyclic amines) is 1. The molecule has 2 aliphatic heterocycles. The lowest BCUT2D eigenvalue weighted by molar-refractivity contribution is -0.161. The summed E-state index contributed by atoms with van der Waals surface area (Å²) in [4.78, 5) is 44.6. The van der Waals surface area contributed by atoms with Crippen LogP contribution in [0.4, 0.5) is 14.5 Å². The minimum atomic E-state index is -3.12. The summed E-state index contributed by atoms with van der Waals surface area (Å²) in [5, 5.41) is 2.71. The molecule has 0 atom stereocenters. The van der Waals surface area contributed by atoms with E-state index in [1.54, 1.807) is 13.0 Å². The van der Waals surface area contributed by atoms with Gasteiger partial charge < -0.3 is 24.4 Å². The highest BCUT2D eigenvalue weighted by molar-refractivity contribution is 6.02. The lowest BCUT2D eigenvalue weighted by atomic mass is 9.69. The summed E-state index contributed by atoms with van der Waals surface area (Å²) in [5.74, 6) is -1.94. The van der Waals surface area contributed by atoms with E-state index in [2.05, 4.69) is 15.0 Å². The van der Waals surface area contributed by atoms with Crippen molar-refractivity contribution in [1.29, 1.82) is 0 Å². The Bertz CT molecular complexity index is 1210. The fourth-order valence-electron chi connectivity index (χ4n) is 4.97. The van der Waals surface area contributed by atoms with Gasteiger partial charge in [-0.1, -0.05) is 38.1 Å². The Kier molecular flexibility index (Phi) is 8.79. The molecule has 2 amide bonds. The van der Waals surface area contributed by atoms with Crippen molar-refractivity contribution >= 4 is 23.5 Å². The first-order valence-electron chi connectivity index (χ1n) is 13.0. The van der Waals surface area contributed by atoms with Crippen LogP contribution in [0.2, 0.25) is 0 Å². The van der Waals surface area contributed by atoms with E-state index < -0.39 is 42.3 Å². The summed E-state index contributed by atoms with van der Waals surface area (Å²) < 4.78 is 41.1. The van der Waals surface area contributed by atoms with E-state index in [1.807, 2.05) is 38.1 Å². The summed E-state index contributed by atoms with van der Waals surface area (Å²) in [6.45, 7) is 3.09. The number of hydrogen-bond acceptors (Lipinski definition) is 7. The van der Waals surface area contributed by atoms with Crippen LogP contribution in [0.15, 0.2) is 36.4 Å². The van der Waals surface area contributed by atoms with Crippen molar-refractivity contribution in [2.24, 2.45) is 5.92 Å². The van der Waals surface area contributed by atoms with Gasteiger partial charge in [0.15, 0.2) is 6.61 Å². The molecule has 2 saturated heterocycles. The maximum atomic E-state index is 13.8. The van der Waals surface area contributed by atoms with Crippen LogP contribution in [0.1, 0.15) is 49.4 Å². The number of benzene rings is 1. The van der Waals surface area contributed by atoms with Crippen LogP contribution in [0.25, 0.3) is 0 Å². The van der Waals surface area contributed by atoms with Gasteiger partial charge in [0.2, 0.25) is 11.8 Å². The Morgan fingerprint density at radius 2 is 1.82 bits per heavy atom. The number of pyridine rings is 1. The Balaban J connectivity index is 1.54. The van der Waals surface area contributed by atoms with Crippen molar-refractivity contribution in [2.45, 2.75) is 51.6 Å². The van der Waals surface area contributed by atoms with E-state index in [4.69, 9.17) is 9.47 Å². The molecule has 210 valence electrons. The van der Waals surface area contributed by atoms with Crippen molar-refractivity contribution in [3.8, 4) is 5.88 Å². The first-order valence-corrected chi connectivity index (χ1v) is 13.0. The molecule has 9 nitrogen and oxygen atoms in total. The summed E-state index contributed by atoms with van der Waals surface area (Å²) in [6.07, 6.45) is 1.11. The number of aryl methyl sites for hydroxylation is 1. The Hall–Kier alpha value is -3.60. The van der Waals surface area contributed by atoms with Crippen molar-refractivity contribution in [3.05, 3.63) is 53.2 Å². The standard InChI is InChI=1S/C28H33F2N3O6/c1-17(2)20-6-4-5-7-21(20)28(26(36)32-22-9-8-18(3)31-24(22)39-27(29)30)15-33(16-28)23(34)14-38-25(35)19-10-12-37-13-11-19/h4-9,17,19,27H,10-16H2,1-3H3,(H,32,36). The molecular weight excluding hydrogens is 512 g/mol. The molecule has 0 radical (unpaired) electrons. The molecule has 2 aromatic rings. The van der Waals surface area contributed by atoms with Gasteiger partial charge in [-0.15, -0.1) is 0 Å². The van der Waals surface area contributed by atoms with Gasteiger partial charge in [-0.25, -0.2) is 4.98 Å². The van der Waals surface area contributed by atoms with Crippen LogP contribution < -0.4 is 10.1 Å². The van der Waals surface area contributed by atoms with Gasteiger partial charge >= 0.3 is 12.6 Å². The molecule has 0 unspecified atom stereocenters. The molecule has 2 fully saturated rings. The fraction of sp³-hybridized carbons (Fsp3) is 0.500. The maximum Gasteiger partial charge on any atom is 0.388 e. The average Bonchev–Trinajstić information content (AvgIpc) is 2.88. The van der Waals surface area contributed by atoms with Crippen molar-refractivity contribution in [2.75, 3.05) is 38.2 Å². The summed E-state index contributed by atoms with van der Waals surface area (Å²) in [6, 6.07) is 10.5. The Morgan fingerprint density at radius 3 is 2.49 bits per heavy atom. The van der Waals surface area contributed by atoms with Gasteiger partial charge in [0.25, 0.3) is 5.91 Å². The quantitative estimate of drug-likeness (QED) is 0.478. The number of hydrogen-bond donors (Lipinski definition) is 1. The van der Waals surface area contributed by atoms with Crippen LogP contribution in [0, 0.1) is 12.8 Å². The first kappa shape index (κ1) is 28.4. The molecule has 1 aromatic carbocycles. The second-order valence-electron chi connectivity index (χ2n) is 10.2.